The average Bonchev–Trinajstić information content (AvgIpc) is 2.60. The molecule has 0 saturated carbocycles. The summed E-state index contributed by atoms with van der Waals surface area (Å²) < 4.78 is 1.24. The number of aryl methyl sites for hydroxylation is 1. The second-order valence-electron chi connectivity index (χ2n) is 6.11. The summed E-state index contributed by atoms with van der Waals surface area (Å²) in [6, 6.07) is 13.4. The number of aromatic nitrogens is 2. The normalized spacial score (nSPS) is 15.5. The molecule has 1 aromatic heterocycles. The number of carbonyl (C=O) groups is 1. The summed E-state index contributed by atoms with van der Waals surface area (Å²) in [5, 5.41) is 4.12. The average molecular weight is 326 g/mol. The fraction of sp³-hybridized carbons (Fsp3) is 0.389. The Morgan fingerprint density at radius 2 is 1.75 bits per heavy atom. The minimum atomic E-state index is -0.239. The fourth-order valence-corrected chi connectivity index (χ4v) is 2.89. The molecule has 1 aliphatic rings. The molecule has 1 saturated heterocycles. The lowest BCUT2D eigenvalue weighted by Crippen LogP contribution is -2.49. The topological polar surface area (TPSA) is 58.4 Å². The molecule has 0 radical (unpaired) electrons. The van der Waals surface area contributed by atoms with Crippen molar-refractivity contribution in [1.82, 2.24) is 19.6 Å². The van der Waals surface area contributed by atoms with Gasteiger partial charge in [-0.1, -0.05) is 30.3 Å². The van der Waals surface area contributed by atoms with Gasteiger partial charge in [-0.15, -0.1) is 0 Å². The van der Waals surface area contributed by atoms with Crippen LogP contribution in [-0.2, 0) is 17.9 Å². The summed E-state index contributed by atoms with van der Waals surface area (Å²) in [6.07, 6.45) is 0. The maximum absolute atomic E-state index is 12.4. The molecule has 0 N–H and O–H groups in total. The van der Waals surface area contributed by atoms with Gasteiger partial charge in [-0.3, -0.25) is 14.5 Å². The minimum absolute atomic E-state index is 0.0131. The number of amides is 1. The zero-order chi connectivity index (χ0) is 16.9. The van der Waals surface area contributed by atoms with E-state index in [2.05, 4.69) is 22.1 Å². The molecule has 126 valence electrons. The predicted molar refractivity (Wildman–Crippen MR) is 91.5 cm³/mol. The van der Waals surface area contributed by atoms with Gasteiger partial charge >= 0.3 is 0 Å². The van der Waals surface area contributed by atoms with E-state index in [1.54, 1.807) is 6.07 Å². The van der Waals surface area contributed by atoms with E-state index in [9.17, 15) is 9.59 Å². The molecule has 1 aliphatic heterocycles. The Morgan fingerprint density at radius 3 is 2.46 bits per heavy atom. The Morgan fingerprint density at radius 1 is 1.04 bits per heavy atom. The smallest absolute Gasteiger partial charge is 0.267 e. The largest absolute Gasteiger partial charge is 0.339 e. The maximum atomic E-state index is 12.4. The second kappa shape index (κ2) is 7.40. The van der Waals surface area contributed by atoms with E-state index in [1.165, 1.54) is 16.3 Å². The highest BCUT2D eigenvalue weighted by atomic mass is 16.2. The van der Waals surface area contributed by atoms with E-state index < -0.39 is 0 Å². The molecule has 1 amide bonds. The van der Waals surface area contributed by atoms with E-state index >= 15 is 0 Å². The predicted octanol–water partition coefficient (Wildman–Crippen LogP) is 0.896. The minimum Gasteiger partial charge on any atom is -0.339 e. The first-order valence-electron chi connectivity index (χ1n) is 8.20. The lowest BCUT2D eigenvalue weighted by atomic mass is 10.2. The number of hydrogen-bond acceptors (Lipinski definition) is 4. The molecule has 1 aromatic carbocycles. The van der Waals surface area contributed by atoms with E-state index in [-0.39, 0.29) is 18.0 Å². The molecule has 2 heterocycles. The van der Waals surface area contributed by atoms with Gasteiger partial charge in [-0.2, -0.15) is 5.10 Å². The third kappa shape index (κ3) is 4.08. The molecule has 0 aliphatic carbocycles. The molecule has 0 atom stereocenters. The molecule has 0 bridgehead atoms. The van der Waals surface area contributed by atoms with Crippen LogP contribution in [0.3, 0.4) is 0 Å². The molecule has 3 rings (SSSR count). The molecule has 1 fully saturated rings. The molecule has 0 spiro atoms. The molecule has 24 heavy (non-hydrogen) atoms. The van der Waals surface area contributed by atoms with Crippen molar-refractivity contribution in [2.45, 2.75) is 20.0 Å². The Bertz CT molecular complexity index is 749. The van der Waals surface area contributed by atoms with Crippen molar-refractivity contribution in [3.8, 4) is 0 Å². The number of carbonyl (C=O) groups excluding carboxylic acids is 1. The van der Waals surface area contributed by atoms with Crippen molar-refractivity contribution in [2.75, 3.05) is 26.2 Å². The zero-order valence-corrected chi connectivity index (χ0v) is 13.9. The Kier molecular flexibility index (Phi) is 5.05. The van der Waals surface area contributed by atoms with Crippen molar-refractivity contribution >= 4 is 5.91 Å². The fourth-order valence-electron chi connectivity index (χ4n) is 2.89. The van der Waals surface area contributed by atoms with E-state index in [4.69, 9.17) is 0 Å². The standard InChI is InChI=1S/C18H22N4O2/c1-15-7-8-17(23)22(19-15)14-18(24)21-11-9-20(10-12-21)13-16-5-3-2-4-6-16/h2-8H,9-14H2,1H3. The van der Waals surface area contributed by atoms with Crippen molar-refractivity contribution in [1.29, 1.82) is 0 Å². The Balaban J connectivity index is 1.53. The van der Waals surface area contributed by atoms with Crippen LogP contribution in [0.1, 0.15) is 11.3 Å². The number of nitrogens with zero attached hydrogens (tertiary/aromatic N) is 4. The summed E-state index contributed by atoms with van der Waals surface area (Å²) in [5.41, 5.74) is 1.78. The molecular formula is C18H22N4O2. The van der Waals surface area contributed by atoms with Gasteiger partial charge in [0.05, 0.1) is 5.69 Å². The quantitative estimate of drug-likeness (QED) is 0.837. The third-order valence-electron chi connectivity index (χ3n) is 4.26. The van der Waals surface area contributed by atoms with Crippen LogP contribution in [0.25, 0.3) is 0 Å². The summed E-state index contributed by atoms with van der Waals surface area (Å²) in [6.45, 7) is 5.79. The first kappa shape index (κ1) is 16.4. The number of piperazine rings is 1. The Labute approximate surface area is 141 Å². The number of benzene rings is 1. The van der Waals surface area contributed by atoms with Crippen molar-refractivity contribution in [3.63, 3.8) is 0 Å². The van der Waals surface area contributed by atoms with Crippen molar-refractivity contribution < 1.29 is 4.79 Å². The Hall–Kier alpha value is -2.47. The van der Waals surface area contributed by atoms with Gasteiger partial charge in [0, 0.05) is 38.8 Å². The van der Waals surface area contributed by atoms with E-state index in [0.29, 0.717) is 13.1 Å². The zero-order valence-electron chi connectivity index (χ0n) is 13.9. The summed E-state index contributed by atoms with van der Waals surface area (Å²) in [7, 11) is 0. The molecule has 6 nitrogen and oxygen atoms in total. The first-order chi connectivity index (χ1) is 11.6. The van der Waals surface area contributed by atoms with E-state index in [1.807, 2.05) is 30.0 Å². The van der Waals surface area contributed by atoms with E-state index in [0.717, 1.165) is 25.3 Å². The van der Waals surface area contributed by atoms with Crippen molar-refractivity contribution in [2.24, 2.45) is 0 Å². The van der Waals surface area contributed by atoms with Gasteiger partial charge in [0.2, 0.25) is 5.91 Å². The second-order valence-corrected chi connectivity index (χ2v) is 6.11. The molecule has 0 unspecified atom stereocenters. The maximum Gasteiger partial charge on any atom is 0.267 e. The number of hydrogen-bond donors (Lipinski definition) is 0. The highest BCUT2D eigenvalue weighted by Gasteiger charge is 2.21. The van der Waals surface area contributed by atoms with Crippen LogP contribution in [0.15, 0.2) is 47.3 Å². The van der Waals surface area contributed by atoms with Crippen LogP contribution < -0.4 is 5.56 Å². The van der Waals surface area contributed by atoms with Crippen LogP contribution in [-0.4, -0.2) is 51.7 Å². The lowest BCUT2D eigenvalue weighted by Gasteiger charge is -2.34. The van der Waals surface area contributed by atoms with Gasteiger partial charge < -0.3 is 4.90 Å². The van der Waals surface area contributed by atoms with Crippen LogP contribution in [0.4, 0.5) is 0 Å². The highest BCUT2D eigenvalue weighted by molar-refractivity contribution is 5.76. The highest BCUT2D eigenvalue weighted by Crippen LogP contribution is 2.08. The van der Waals surface area contributed by atoms with Gasteiger partial charge in [-0.25, -0.2) is 4.68 Å². The van der Waals surface area contributed by atoms with Gasteiger partial charge in [0.25, 0.3) is 5.56 Å². The molecular weight excluding hydrogens is 304 g/mol. The third-order valence-corrected chi connectivity index (χ3v) is 4.26. The SMILES string of the molecule is Cc1ccc(=O)n(CC(=O)N2CCN(Cc3ccccc3)CC2)n1. The molecule has 2 aromatic rings. The van der Waals surface area contributed by atoms with Gasteiger partial charge in [0.15, 0.2) is 0 Å². The molecule has 6 heteroatoms. The number of rotatable bonds is 4. The van der Waals surface area contributed by atoms with Crippen LogP contribution in [0.2, 0.25) is 0 Å². The van der Waals surface area contributed by atoms with Crippen molar-refractivity contribution in [3.05, 3.63) is 64.1 Å². The first-order valence-corrected chi connectivity index (χ1v) is 8.20. The van der Waals surface area contributed by atoms with Crippen LogP contribution in [0.5, 0.6) is 0 Å². The lowest BCUT2D eigenvalue weighted by molar-refractivity contribution is -0.133. The van der Waals surface area contributed by atoms with Gasteiger partial charge in [0.1, 0.15) is 6.54 Å². The van der Waals surface area contributed by atoms with Crippen LogP contribution >= 0.6 is 0 Å². The summed E-state index contributed by atoms with van der Waals surface area (Å²) in [4.78, 5) is 28.3. The van der Waals surface area contributed by atoms with Gasteiger partial charge in [-0.05, 0) is 18.6 Å². The summed E-state index contributed by atoms with van der Waals surface area (Å²) >= 11 is 0. The summed E-state index contributed by atoms with van der Waals surface area (Å²) in [5.74, 6) is -0.0467. The van der Waals surface area contributed by atoms with Crippen LogP contribution in [0, 0.1) is 6.92 Å². The monoisotopic (exact) mass is 326 g/mol.